The number of esters is 1. The zero-order valence-corrected chi connectivity index (χ0v) is 11.8. The Bertz CT molecular complexity index is 425. The van der Waals surface area contributed by atoms with Gasteiger partial charge < -0.3 is 9.64 Å². The van der Waals surface area contributed by atoms with Crippen molar-refractivity contribution < 1.29 is 9.53 Å². The first kappa shape index (κ1) is 13.3. The van der Waals surface area contributed by atoms with Crippen molar-refractivity contribution in [3.8, 4) is 6.07 Å². The van der Waals surface area contributed by atoms with Crippen LogP contribution >= 0.6 is 11.8 Å². The Morgan fingerprint density at radius 2 is 2.33 bits per heavy atom. The summed E-state index contributed by atoms with van der Waals surface area (Å²) in [7, 11) is 0. The summed E-state index contributed by atoms with van der Waals surface area (Å²) in [5.74, 6) is 0.426. The standard InChI is InChI=1S/C13H18N2O2S/c1-4-17-13(16)11-10(8(2)3)7-15-6-9(5-14)18-12(11)15/h8-10H,4,6-7H2,1-3H3. The minimum absolute atomic E-state index is 0.0578. The van der Waals surface area contributed by atoms with E-state index < -0.39 is 0 Å². The molecule has 98 valence electrons. The van der Waals surface area contributed by atoms with Crippen LogP contribution < -0.4 is 0 Å². The van der Waals surface area contributed by atoms with Crippen molar-refractivity contribution in [2.45, 2.75) is 26.0 Å². The lowest BCUT2D eigenvalue weighted by molar-refractivity contribution is -0.139. The lowest BCUT2D eigenvalue weighted by Crippen LogP contribution is -2.25. The second-order valence-corrected chi connectivity index (χ2v) is 6.12. The molecule has 2 rings (SSSR count). The minimum Gasteiger partial charge on any atom is -0.463 e. The summed E-state index contributed by atoms with van der Waals surface area (Å²) in [6.07, 6.45) is 0. The second-order valence-electron chi connectivity index (χ2n) is 4.93. The van der Waals surface area contributed by atoms with Crippen LogP contribution in [0.25, 0.3) is 0 Å². The zero-order chi connectivity index (χ0) is 13.3. The molecule has 18 heavy (non-hydrogen) atoms. The Balaban J connectivity index is 2.30. The fourth-order valence-electron chi connectivity index (χ4n) is 2.47. The van der Waals surface area contributed by atoms with E-state index in [2.05, 4.69) is 24.8 Å². The van der Waals surface area contributed by atoms with E-state index in [1.54, 1.807) is 0 Å². The minimum atomic E-state index is -0.209. The molecule has 0 aromatic rings. The van der Waals surface area contributed by atoms with Gasteiger partial charge in [-0.05, 0) is 12.8 Å². The summed E-state index contributed by atoms with van der Waals surface area (Å²) in [6.45, 7) is 8.03. The predicted molar refractivity (Wildman–Crippen MR) is 70.6 cm³/mol. The first-order valence-electron chi connectivity index (χ1n) is 6.31. The van der Waals surface area contributed by atoms with Gasteiger partial charge in [0.25, 0.3) is 0 Å². The number of hydrogen-bond donors (Lipinski definition) is 0. The van der Waals surface area contributed by atoms with Crippen LogP contribution in [0.2, 0.25) is 0 Å². The molecule has 0 aliphatic carbocycles. The normalized spacial score (nSPS) is 26.5. The van der Waals surface area contributed by atoms with E-state index in [1.165, 1.54) is 11.8 Å². The van der Waals surface area contributed by atoms with Gasteiger partial charge in [-0.1, -0.05) is 25.6 Å². The van der Waals surface area contributed by atoms with Gasteiger partial charge in [-0.25, -0.2) is 4.79 Å². The lowest BCUT2D eigenvalue weighted by atomic mass is 9.90. The van der Waals surface area contributed by atoms with E-state index in [9.17, 15) is 4.79 Å². The molecular weight excluding hydrogens is 248 g/mol. The summed E-state index contributed by atoms with van der Waals surface area (Å²) in [4.78, 5) is 14.3. The fraction of sp³-hybridized carbons (Fsp3) is 0.692. The van der Waals surface area contributed by atoms with Gasteiger partial charge >= 0.3 is 5.97 Å². The maximum Gasteiger partial charge on any atom is 0.337 e. The number of carbonyl (C=O) groups is 1. The Kier molecular flexibility index (Phi) is 3.86. The topological polar surface area (TPSA) is 53.3 Å². The van der Waals surface area contributed by atoms with Crippen molar-refractivity contribution in [3.63, 3.8) is 0 Å². The number of carbonyl (C=O) groups excluding carboxylic acids is 1. The molecule has 0 N–H and O–H groups in total. The number of rotatable bonds is 3. The van der Waals surface area contributed by atoms with E-state index in [-0.39, 0.29) is 17.1 Å². The number of fused-ring (bicyclic) bond motifs is 1. The van der Waals surface area contributed by atoms with E-state index in [4.69, 9.17) is 10.00 Å². The number of hydrogen-bond acceptors (Lipinski definition) is 5. The highest BCUT2D eigenvalue weighted by molar-refractivity contribution is 8.04. The van der Waals surface area contributed by atoms with Crippen LogP contribution in [0.5, 0.6) is 0 Å². The highest BCUT2D eigenvalue weighted by atomic mass is 32.2. The molecule has 0 aromatic heterocycles. The molecule has 0 bridgehead atoms. The maximum atomic E-state index is 12.1. The zero-order valence-electron chi connectivity index (χ0n) is 11.0. The summed E-state index contributed by atoms with van der Waals surface area (Å²) in [6, 6.07) is 2.26. The molecule has 0 amide bonds. The van der Waals surface area contributed by atoms with Crippen LogP contribution in [0, 0.1) is 23.2 Å². The molecule has 0 saturated carbocycles. The highest BCUT2D eigenvalue weighted by Crippen LogP contribution is 2.45. The largest absolute Gasteiger partial charge is 0.463 e. The Morgan fingerprint density at radius 3 is 2.89 bits per heavy atom. The Morgan fingerprint density at radius 1 is 1.61 bits per heavy atom. The third kappa shape index (κ3) is 2.22. The van der Waals surface area contributed by atoms with E-state index in [1.807, 2.05) is 6.92 Å². The summed E-state index contributed by atoms with van der Waals surface area (Å²) in [5, 5.41) is 9.90. The quantitative estimate of drug-likeness (QED) is 0.731. The van der Waals surface area contributed by atoms with Gasteiger partial charge in [-0.2, -0.15) is 5.26 Å². The van der Waals surface area contributed by atoms with Crippen molar-refractivity contribution in [3.05, 3.63) is 10.6 Å². The van der Waals surface area contributed by atoms with E-state index >= 15 is 0 Å². The Labute approximate surface area is 112 Å². The summed E-state index contributed by atoms with van der Waals surface area (Å²) < 4.78 is 5.16. The SMILES string of the molecule is CCOC(=O)C1=C2SC(C#N)CN2CC1C(C)C. The van der Waals surface area contributed by atoms with Crippen molar-refractivity contribution >= 4 is 17.7 Å². The van der Waals surface area contributed by atoms with Gasteiger partial charge in [0.05, 0.1) is 23.3 Å². The molecule has 2 atom stereocenters. The van der Waals surface area contributed by atoms with Crippen LogP contribution in [0.3, 0.4) is 0 Å². The fourth-order valence-corrected chi connectivity index (χ4v) is 3.70. The van der Waals surface area contributed by atoms with Gasteiger partial charge in [0, 0.05) is 19.0 Å². The molecule has 2 unspecified atom stereocenters. The van der Waals surface area contributed by atoms with Gasteiger partial charge in [-0.15, -0.1) is 0 Å². The van der Waals surface area contributed by atoms with Crippen LogP contribution in [-0.4, -0.2) is 35.8 Å². The van der Waals surface area contributed by atoms with E-state index in [0.717, 1.165) is 23.7 Å². The number of ether oxygens (including phenoxy) is 1. The molecule has 1 fully saturated rings. The lowest BCUT2D eigenvalue weighted by Gasteiger charge is -2.19. The number of nitriles is 1. The first-order chi connectivity index (χ1) is 8.58. The molecular formula is C13H18N2O2S. The molecule has 2 aliphatic heterocycles. The van der Waals surface area contributed by atoms with Crippen molar-refractivity contribution in [1.29, 1.82) is 5.26 Å². The third-order valence-electron chi connectivity index (χ3n) is 3.39. The predicted octanol–water partition coefficient (Wildman–Crippen LogP) is 1.99. The molecule has 0 radical (unpaired) electrons. The Hall–Kier alpha value is -1.15. The molecule has 5 heteroatoms. The van der Waals surface area contributed by atoms with Crippen molar-refractivity contribution in [1.82, 2.24) is 4.90 Å². The third-order valence-corrected chi connectivity index (χ3v) is 4.63. The summed E-state index contributed by atoms with van der Waals surface area (Å²) in [5.41, 5.74) is 0.787. The molecule has 2 aliphatic rings. The van der Waals surface area contributed by atoms with Crippen molar-refractivity contribution in [2.24, 2.45) is 11.8 Å². The van der Waals surface area contributed by atoms with Crippen molar-refractivity contribution in [2.75, 3.05) is 19.7 Å². The first-order valence-corrected chi connectivity index (χ1v) is 7.19. The molecule has 4 nitrogen and oxygen atoms in total. The highest BCUT2D eigenvalue weighted by Gasteiger charge is 2.43. The van der Waals surface area contributed by atoms with Crippen LogP contribution in [0.1, 0.15) is 20.8 Å². The summed E-state index contributed by atoms with van der Waals surface area (Å²) >= 11 is 1.51. The van der Waals surface area contributed by atoms with Crippen LogP contribution in [-0.2, 0) is 9.53 Å². The smallest absolute Gasteiger partial charge is 0.337 e. The average Bonchev–Trinajstić information content (AvgIpc) is 2.84. The maximum absolute atomic E-state index is 12.1. The number of nitrogens with zero attached hydrogens (tertiary/aromatic N) is 2. The van der Waals surface area contributed by atoms with Gasteiger partial charge in [0.15, 0.2) is 0 Å². The van der Waals surface area contributed by atoms with Crippen LogP contribution in [0.4, 0.5) is 0 Å². The molecule has 1 saturated heterocycles. The number of thioether (sulfide) groups is 1. The average molecular weight is 266 g/mol. The monoisotopic (exact) mass is 266 g/mol. The van der Waals surface area contributed by atoms with E-state index in [0.29, 0.717) is 12.5 Å². The molecule has 0 aromatic carbocycles. The van der Waals surface area contributed by atoms with Gasteiger partial charge in [0.1, 0.15) is 5.25 Å². The van der Waals surface area contributed by atoms with Gasteiger partial charge in [-0.3, -0.25) is 0 Å². The molecule has 0 spiro atoms. The second kappa shape index (κ2) is 5.23. The molecule has 2 heterocycles. The van der Waals surface area contributed by atoms with Crippen LogP contribution in [0.15, 0.2) is 10.6 Å². The van der Waals surface area contributed by atoms with Gasteiger partial charge in [0.2, 0.25) is 0 Å².